The molecule has 1 aromatic rings. The predicted octanol–water partition coefficient (Wildman–Crippen LogP) is 0.890. The molecule has 0 saturated carbocycles. The Labute approximate surface area is 87.7 Å². The third-order valence-electron chi connectivity index (χ3n) is 2.56. The van der Waals surface area contributed by atoms with E-state index in [2.05, 4.69) is 10.1 Å². The highest BCUT2D eigenvalue weighted by Crippen LogP contribution is 2.21. The number of aliphatic carboxylic acids is 1. The lowest BCUT2D eigenvalue weighted by Gasteiger charge is -2.37. The molecular weight excluding hydrogens is 196 g/mol. The van der Waals surface area contributed by atoms with Crippen molar-refractivity contribution < 1.29 is 14.4 Å². The topological polar surface area (TPSA) is 66.6 Å². The normalized spacial score (nSPS) is 17.7. The highest BCUT2D eigenvalue weighted by Gasteiger charge is 2.28. The van der Waals surface area contributed by atoms with Crippen molar-refractivity contribution in [3.63, 3.8) is 0 Å². The van der Waals surface area contributed by atoms with Crippen LogP contribution in [0.25, 0.3) is 0 Å². The molecule has 2 rings (SSSR count). The first-order chi connectivity index (χ1) is 7.13. The molecule has 0 aliphatic carbocycles. The van der Waals surface area contributed by atoms with Gasteiger partial charge in [0.05, 0.1) is 12.1 Å². The van der Waals surface area contributed by atoms with Gasteiger partial charge in [0.1, 0.15) is 5.76 Å². The maximum atomic E-state index is 10.4. The Kier molecular flexibility index (Phi) is 2.73. The number of rotatable bonds is 4. The van der Waals surface area contributed by atoms with E-state index in [1.54, 1.807) is 0 Å². The van der Waals surface area contributed by atoms with Gasteiger partial charge in [-0.15, -0.1) is 0 Å². The van der Waals surface area contributed by atoms with Crippen molar-refractivity contribution >= 4 is 5.97 Å². The molecule has 1 aliphatic rings. The van der Waals surface area contributed by atoms with E-state index in [9.17, 15) is 4.79 Å². The van der Waals surface area contributed by atoms with E-state index in [4.69, 9.17) is 9.63 Å². The molecule has 1 aliphatic heterocycles. The minimum Gasteiger partial charge on any atom is -0.481 e. The fraction of sp³-hybridized carbons (Fsp3) is 0.600. The lowest BCUT2D eigenvalue weighted by atomic mass is 9.96. The fourth-order valence-electron chi connectivity index (χ4n) is 1.90. The van der Waals surface area contributed by atoms with Crippen LogP contribution in [0.3, 0.4) is 0 Å². The molecule has 0 bridgehead atoms. The second kappa shape index (κ2) is 4.02. The Bertz CT molecular complexity index is 355. The number of carbonyl (C=O) groups is 1. The predicted molar refractivity (Wildman–Crippen MR) is 52.3 cm³/mol. The highest BCUT2D eigenvalue weighted by atomic mass is 16.5. The second-order valence-electron chi connectivity index (χ2n) is 4.09. The molecule has 0 atom stereocenters. The van der Waals surface area contributed by atoms with Gasteiger partial charge in [-0.25, -0.2) is 0 Å². The minimum absolute atomic E-state index is 0.272. The SMILES string of the molecule is Cc1cc(CN2CC(CC(=O)O)C2)no1. The van der Waals surface area contributed by atoms with Gasteiger partial charge in [-0.05, 0) is 12.8 Å². The average molecular weight is 210 g/mol. The van der Waals surface area contributed by atoms with Gasteiger partial charge in [0.2, 0.25) is 0 Å². The number of carboxylic acid groups (broad SMARTS) is 1. The molecule has 0 spiro atoms. The van der Waals surface area contributed by atoms with Crippen LogP contribution in [0.4, 0.5) is 0 Å². The van der Waals surface area contributed by atoms with Gasteiger partial charge in [0.25, 0.3) is 0 Å². The summed E-state index contributed by atoms with van der Waals surface area (Å²) in [5.41, 5.74) is 0.918. The van der Waals surface area contributed by atoms with Crippen LogP contribution in [-0.2, 0) is 11.3 Å². The highest BCUT2D eigenvalue weighted by molar-refractivity contribution is 5.67. The molecule has 2 heterocycles. The molecule has 15 heavy (non-hydrogen) atoms. The third kappa shape index (κ3) is 2.56. The Hall–Kier alpha value is -1.36. The third-order valence-corrected chi connectivity index (χ3v) is 2.56. The van der Waals surface area contributed by atoms with Crippen molar-refractivity contribution in [1.29, 1.82) is 0 Å². The largest absolute Gasteiger partial charge is 0.481 e. The molecule has 5 heteroatoms. The number of hydrogen-bond donors (Lipinski definition) is 1. The number of likely N-dealkylation sites (tertiary alicyclic amines) is 1. The number of aromatic nitrogens is 1. The zero-order chi connectivity index (χ0) is 10.8. The van der Waals surface area contributed by atoms with Crippen LogP contribution < -0.4 is 0 Å². The summed E-state index contributed by atoms with van der Waals surface area (Å²) < 4.78 is 4.95. The molecule has 0 amide bonds. The van der Waals surface area contributed by atoms with E-state index in [0.717, 1.165) is 31.1 Å². The summed E-state index contributed by atoms with van der Waals surface area (Å²) in [4.78, 5) is 12.6. The summed E-state index contributed by atoms with van der Waals surface area (Å²) in [7, 11) is 0. The number of nitrogens with zero attached hydrogens (tertiary/aromatic N) is 2. The minimum atomic E-state index is -0.711. The van der Waals surface area contributed by atoms with E-state index < -0.39 is 5.97 Å². The molecule has 0 radical (unpaired) electrons. The summed E-state index contributed by atoms with van der Waals surface area (Å²) in [6, 6.07) is 1.91. The molecule has 1 saturated heterocycles. The van der Waals surface area contributed by atoms with Gasteiger partial charge in [0.15, 0.2) is 0 Å². The molecule has 1 fully saturated rings. The standard InChI is InChI=1S/C10H14N2O3/c1-7-2-9(11-15-7)6-12-4-8(5-12)3-10(13)14/h2,8H,3-6H2,1H3,(H,13,14). The zero-order valence-electron chi connectivity index (χ0n) is 8.64. The van der Waals surface area contributed by atoms with Gasteiger partial charge in [-0.2, -0.15) is 0 Å². The number of hydrogen-bond acceptors (Lipinski definition) is 4. The molecular formula is C10H14N2O3. The van der Waals surface area contributed by atoms with E-state index >= 15 is 0 Å². The van der Waals surface area contributed by atoms with E-state index in [-0.39, 0.29) is 6.42 Å². The van der Waals surface area contributed by atoms with Gasteiger partial charge >= 0.3 is 5.97 Å². The first-order valence-electron chi connectivity index (χ1n) is 5.00. The maximum Gasteiger partial charge on any atom is 0.303 e. The van der Waals surface area contributed by atoms with Crippen LogP contribution in [0, 0.1) is 12.8 Å². The van der Waals surface area contributed by atoms with E-state index in [1.165, 1.54) is 0 Å². The maximum absolute atomic E-state index is 10.4. The van der Waals surface area contributed by atoms with Gasteiger partial charge in [-0.3, -0.25) is 9.69 Å². The smallest absolute Gasteiger partial charge is 0.303 e. The monoisotopic (exact) mass is 210 g/mol. The number of carboxylic acids is 1. The zero-order valence-corrected chi connectivity index (χ0v) is 8.64. The van der Waals surface area contributed by atoms with Crippen LogP contribution in [0.5, 0.6) is 0 Å². The Morgan fingerprint density at radius 3 is 3.00 bits per heavy atom. The summed E-state index contributed by atoms with van der Waals surface area (Å²) in [6.45, 7) is 4.31. The summed E-state index contributed by atoms with van der Waals surface area (Å²) in [5.74, 6) is 0.403. The lowest BCUT2D eigenvalue weighted by Crippen LogP contribution is -2.46. The first-order valence-corrected chi connectivity index (χ1v) is 5.00. The van der Waals surface area contributed by atoms with Gasteiger partial charge in [0, 0.05) is 25.7 Å². The second-order valence-corrected chi connectivity index (χ2v) is 4.09. The first kappa shape index (κ1) is 10.2. The van der Waals surface area contributed by atoms with Crippen LogP contribution in [-0.4, -0.2) is 34.2 Å². The molecule has 1 N–H and O–H groups in total. The summed E-state index contributed by atoms with van der Waals surface area (Å²) >= 11 is 0. The van der Waals surface area contributed by atoms with Crippen LogP contribution in [0.1, 0.15) is 17.9 Å². The van der Waals surface area contributed by atoms with Crippen molar-refractivity contribution in [3.8, 4) is 0 Å². The van der Waals surface area contributed by atoms with E-state index in [1.807, 2.05) is 13.0 Å². The van der Waals surface area contributed by atoms with Crippen LogP contribution in [0.2, 0.25) is 0 Å². The van der Waals surface area contributed by atoms with Crippen molar-refractivity contribution in [1.82, 2.24) is 10.1 Å². The van der Waals surface area contributed by atoms with Gasteiger partial charge < -0.3 is 9.63 Å². The molecule has 0 aromatic carbocycles. The Morgan fingerprint density at radius 2 is 2.47 bits per heavy atom. The van der Waals surface area contributed by atoms with Crippen LogP contribution >= 0.6 is 0 Å². The van der Waals surface area contributed by atoms with Crippen LogP contribution in [0.15, 0.2) is 10.6 Å². The Balaban J connectivity index is 1.74. The summed E-state index contributed by atoms with van der Waals surface area (Å²) in [6.07, 6.45) is 0.272. The Morgan fingerprint density at radius 1 is 1.73 bits per heavy atom. The molecule has 5 nitrogen and oxygen atoms in total. The van der Waals surface area contributed by atoms with E-state index in [0.29, 0.717) is 5.92 Å². The van der Waals surface area contributed by atoms with Crippen molar-refractivity contribution in [3.05, 3.63) is 17.5 Å². The lowest BCUT2D eigenvalue weighted by molar-refractivity contribution is -0.139. The number of aryl methyl sites for hydroxylation is 1. The molecule has 0 unspecified atom stereocenters. The summed E-state index contributed by atoms with van der Waals surface area (Å²) in [5, 5.41) is 12.5. The average Bonchev–Trinajstić information content (AvgIpc) is 2.47. The van der Waals surface area contributed by atoms with Crippen molar-refractivity contribution in [2.75, 3.05) is 13.1 Å². The quantitative estimate of drug-likeness (QED) is 0.799. The van der Waals surface area contributed by atoms with Crippen molar-refractivity contribution in [2.24, 2.45) is 5.92 Å². The fourth-order valence-corrected chi connectivity index (χ4v) is 1.90. The molecule has 82 valence electrons. The molecule has 1 aromatic heterocycles. The van der Waals surface area contributed by atoms with Crippen molar-refractivity contribution in [2.45, 2.75) is 19.9 Å². The van der Waals surface area contributed by atoms with Gasteiger partial charge in [-0.1, -0.05) is 5.16 Å².